The Hall–Kier alpha value is -2.92. The second-order valence-corrected chi connectivity index (χ2v) is 6.25. The number of carbonyl (C=O) groups excluding carboxylic acids is 1. The summed E-state index contributed by atoms with van der Waals surface area (Å²) in [5.74, 6) is 0.871. The van der Waals surface area contributed by atoms with Crippen molar-refractivity contribution in [3.05, 3.63) is 82.8 Å². The number of halogens is 1. The van der Waals surface area contributed by atoms with Gasteiger partial charge in [-0.15, -0.1) is 0 Å². The quantitative estimate of drug-likeness (QED) is 0.687. The van der Waals surface area contributed by atoms with Gasteiger partial charge in [0.05, 0.1) is 0 Å². The van der Waals surface area contributed by atoms with E-state index in [2.05, 4.69) is 20.6 Å². The first kappa shape index (κ1) is 17.9. The summed E-state index contributed by atoms with van der Waals surface area (Å²) in [7, 11) is 0. The lowest BCUT2D eigenvalue weighted by atomic mass is 10.1. The van der Waals surface area contributed by atoms with E-state index in [1.54, 1.807) is 25.1 Å². The van der Waals surface area contributed by atoms with Crippen molar-refractivity contribution in [1.82, 2.24) is 15.3 Å². The number of carbonyl (C=O) groups is 1. The Morgan fingerprint density at radius 3 is 2.50 bits per heavy atom. The van der Waals surface area contributed by atoms with Gasteiger partial charge in [0.25, 0.3) is 5.91 Å². The maximum atomic E-state index is 12.4. The number of hydrogen-bond acceptors (Lipinski definition) is 4. The molecule has 0 saturated carbocycles. The maximum absolute atomic E-state index is 12.4. The van der Waals surface area contributed by atoms with Crippen molar-refractivity contribution in [3.63, 3.8) is 0 Å². The standard InChI is InChI=1S/C20H19ClN4O/c1-14-23-18(20(26)22-12-11-15-5-3-2-4-6-15)13-19(24-14)25-17-9-7-16(21)8-10-17/h2-10,13H,11-12H2,1H3,(H,22,26)(H,23,24,25). The fraction of sp³-hybridized carbons (Fsp3) is 0.150. The number of aromatic nitrogens is 2. The molecule has 1 heterocycles. The highest BCUT2D eigenvalue weighted by atomic mass is 35.5. The zero-order valence-corrected chi connectivity index (χ0v) is 15.1. The van der Waals surface area contributed by atoms with Gasteiger partial charge in [0.1, 0.15) is 17.3 Å². The summed E-state index contributed by atoms with van der Waals surface area (Å²) < 4.78 is 0. The third kappa shape index (κ3) is 5.04. The van der Waals surface area contributed by atoms with Crippen LogP contribution in [0.25, 0.3) is 0 Å². The first-order valence-corrected chi connectivity index (χ1v) is 8.68. The van der Waals surface area contributed by atoms with Gasteiger partial charge in [-0.25, -0.2) is 9.97 Å². The minimum absolute atomic E-state index is 0.217. The molecule has 5 nitrogen and oxygen atoms in total. The molecule has 6 heteroatoms. The van der Waals surface area contributed by atoms with Gasteiger partial charge in [-0.2, -0.15) is 0 Å². The normalized spacial score (nSPS) is 10.4. The predicted molar refractivity (Wildman–Crippen MR) is 104 cm³/mol. The molecule has 0 unspecified atom stereocenters. The Bertz CT molecular complexity index is 882. The molecule has 0 aliphatic carbocycles. The largest absolute Gasteiger partial charge is 0.350 e. The second-order valence-electron chi connectivity index (χ2n) is 5.81. The second kappa shape index (κ2) is 8.45. The van der Waals surface area contributed by atoms with Gasteiger partial charge in [-0.3, -0.25) is 4.79 Å². The summed E-state index contributed by atoms with van der Waals surface area (Å²) >= 11 is 5.89. The van der Waals surface area contributed by atoms with E-state index in [1.807, 2.05) is 42.5 Å². The molecule has 0 atom stereocenters. The van der Waals surface area contributed by atoms with Crippen LogP contribution in [0.3, 0.4) is 0 Å². The van der Waals surface area contributed by atoms with Crippen molar-refractivity contribution in [1.29, 1.82) is 0 Å². The Labute approximate surface area is 157 Å². The van der Waals surface area contributed by atoms with Crippen LogP contribution in [0.5, 0.6) is 0 Å². The summed E-state index contributed by atoms with van der Waals surface area (Å²) in [5.41, 5.74) is 2.35. The maximum Gasteiger partial charge on any atom is 0.270 e. The molecule has 3 rings (SSSR count). The zero-order valence-electron chi connectivity index (χ0n) is 14.4. The number of benzene rings is 2. The average Bonchev–Trinajstić information content (AvgIpc) is 2.64. The van der Waals surface area contributed by atoms with Crippen LogP contribution in [0.15, 0.2) is 60.7 Å². The Kier molecular flexibility index (Phi) is 5.81. The molecule has 0 aliphatic heterocycles. The first-order valence-electron chi connectivity index (χ1n) is 8.30. The third-order valence-corrected chi connectivity index (χ3v) is 3.98. The lowest BCUT2D eigenvalue weighted by molar-refractivity contribution is 0.0949. The van der Waals surface area contributed by atoms with E-state index in [-0.39, 0.29) is 5.91 Å². The monoisotopic (exact) mass is 366 g/mol. The number of aryl methyl sites for hydroxylation is 1. The molecule has 0 saturated heterocycles. The number of rotatable bonds is 6. The molecular weight excluding hydrogens is 348 g/mol. The number of anilines is 2. The Morgan fingerprint density at radius 1 is 1.04 bits per heavy atom. The highest BCUT2D eigenvalue weighted by Crippen LogP contribution is 2.18. The topological polar surface area (TPSA) is 66.9 Å². The van der Waals surface area contributed by atoms with E-state index in [0.717, 1.165) is 12.1 Å². The van der Waals surface area contributed by atoms with Gasteiger partial charge in [0.2, 0.25) is 0 Å². The van der Waals surface area contributed by atoms with Crippen molar-refractivity contribution in [3.8, 4) is 0 Å². The summed E-state index contributed by atoms with van der Waals surface area (Å²) in [4.78, 5) is 20.9. The molecule has 0 aliphatic rings. The fourth-order valence-corrected chi connectivity index (χ4v) is 2.61. The number of hydrogen-bond donors (Lipinski definition) is 2. The van der Waals surface area contributed by atoms with Crippen LogP contribution in [-0.4, -0.2) is 22.4 Å². The number of nitrogens with one attached hydrogen (secondary N) is 2. The van der Waals surface area contributed by atoms with E-state index in [9.17, 15) is 4.79 Å². The molecule has 26 heavy (non-hydrogen) atoms. The molecule has 0 spiro atoms. The molecule has 1 amide bonds. The molecule has 0 bridgehead atoms. The van der Waals surface area contributed by atoms with Crippen LogP contribution < -0.4 is 10.6 Å². The van der Waals surface area contributed by atoms with E-state index in [1.165, 1.54) is 5.56 Å². The Balaban J connectivity index is 1.64. The molecular formula is C20H19ClN4O. The predicted octanol–water partition coefficient (Wildman–Crippen LogP) is 4.15. The molecule has 2 aromatic carbocycles. The van der Waals surface area contributed by atoms with Crippen LogP contribution in [0, 0.1) is 6.92 Å². The number of amides is 1. The van der Waals surface area contributed by atoms with Crippen LogP contribution in [0.2, 0.25) is 5.02 Å². The molecule has 0 radical (unpaired) electrons. The van der Waals surface area contributed by atoms with Crippen LogP contribution in [-0.2, 0) is 6.42 Å². The zero-order chi connectivity index (χ0) is 18.4. The SMILES string of the molecule is Cc1nc(Nc2ccc(Cl)cc2)cc(C(=O)NCCc2ccccc2)n1. The van der Waals surface area contributed by atoms with Crippen LogP contribution in [0.4, 0.5) is 11.5 Å². The molecule has 1 aromatic heterocycles. The third-order valence-electron chi connectivity index (χ3n) is 3.73. The molecule has 3 aromatic rings. The summed E-state index contributed by atoms with van der Waals surface area (Å²) in [6.45, 7) is 2.31. The van der Waals surface area contributed by atoms with Gasteiger partial charge in [-0.1, -0.05) is 41.9 Å². The van der Waals surface area contributed by atoms with Gasteiger partial charge in [-0.05, 0) is 43.2 Å². The lowest BCUT2D eigenvalue weighted by Crippen LogP contribution is -2.27. The molecule has 2 N–H and O–H groups in total. The summed E-state index contributed by atoms with van der Waals surface area (Å²) in [6, 6.07) is 18.9. The van der Waals surface area contributed by atoms with Crippen LogP contribution >= 0.6 is 11.6 Å². The van der Waals surface area contributed by atoms with Gasteiger partial charge < -0.3 is 10.6 Å². The van der Waals surface area contributed by atoms with Crippen molar-refractivity contribution < 1.29 is 4.79 Å². The summed E-state index contributed by atoms with van der Waals surface area (Å²) in [6.07, 6.45) is 0.770. The van der Waals surface area contributed by atoms with E-state index in [4.69, 9.17) is 11.6 Å². The lowest BCUT2D eigenvalue weighted by Gasteiger charge is -2.09. The first-order chi connectivity index (χ1) is 12.6. The highest BCUT2D eigenvalue weighted by molar-refractivity contribution is 6.30. The fourth-order valence-electron chi connectivity index (χ4n) is 2.48. The minimum Gasteiger partial charge on any atom is -0.350 e. The highest BCUT2D eigenvalue weighted by Gasteiger charge is 2.10. The summed E-state index contributed by atoms with van der Waals surface area (Å²) in [5, 5.41) is 6.72. The smallest absolute Gasteiger partial charge is 0.270 e. The average molecular weight is 367 g/mol. The number of nitrogens with zero attached hydrogens (tertiary/aromatic N) is 2. The van der Waals surface area contributed by atoms with E-state index in [0.29, 0.717) is 28.9 Å². The molecule has 132 valence electrons. The van der Waals surface area contributed by atoms with Crippen molar-refractivity contribution >= 4 is 29.0 Å². The van der Waals surface area contributed by atoms with Gasteiger partial charge in [0.15, 0.2) is 0 Å². The molecule has 0 fully saturated rings. The minimum atomic E-state index is -0.217. The Morgan fingerprint density at radius 2 is 1.77 bits per heavy atom. The van der Waals surface area contributed by atoms with Gasteiger partial charge in [0, 0.05) is 23.3 Å². The van der Waals surface area contributed by atoms with Crippen molar-refractivity contribution in [2.45, 2.75) is 13.3 Å². The van der Waals surface area contributed by atoms with Crippen molar-refractivity contribution in [2.75, 3.05) is 11.9 Å². The van der Waals surface area contributed by atoms with E-state index < -0.39 is 0 Å². The van der Waals surface area contributed by atoms with Crippen molar-refractivity contribution in [2.24, 2.45) is 0 Å². The van der Waals surface area contributed by atoms with Gasteiger partial charge >= 0.3 is 0 Å². The van der Waals surface area contributed by atoms with E-state index >= 15 is 0 Å². The van der Waals surface area contributed by atoms with Crippen LogP contribution in [0.1, 0.15) is 21.9 Å².